The summed E-state index contributed by atoms with van der Waals surface area (Å²) in [5.41, 5.74) is 16.4. The molecule has 0 amide bonds. The highest BCUT2D eigenvalue weighted by Crippen LogP contribution is 2.47. The SMILES string of the molecule is C1=C(c2ccccc2)c2ccc3ccc(-c4ccc5c(c4)nn4c(-c6ccc7ccc8cccnc8c7n6)cccc54)c4c3c2C(=CC4)C1. The van der Waals surface area contributed by atoms with Crippen LogP contribution in [0.15, 0.2) is 146 Å². The molecule has 0 fully saturated rings. The monoisotopic (exact) mass is 624 g/mol. The zero-order chi connectivity index (χ0) is 32.1. The first-order chi connectivity index (χ1) is 24.3. The lowest BCUT2D eigenvalue weighted by Crippen LogP contribution is -2.07. The van der Waals surface area contributed by atoms with Gasteiger partial charge in [0.25, 0.3) is 0 Å². The summed E-state index contributed by atoms with van der Waals surface area (Å²) in [6.45, 7) is 0. The van der Waals surface area contributed by atoms with Crippen LogP contribution in [0.25, 0.3) is 82.7 Å². The molecule has 2 aliphatic carbocycles. The van der Waals surface area contributed by atoms with E-state index in [2.05, 4.69) is 143 Å². The maximum absolute atomic E-state index is 5.20. The Balaban J connectivity index is 1.07. The highest BCUT2D eigenvalue weighted by atomic mass is 15.2. The summed E-state index contributed by atoms with van der Waals surface area (Å²) in [5.74, 6) is 0. The minimum Gasteiger partial charge on any atom is -0.254 e. The van der Waals surface area contributed by atoms with Crippen molar-refractivity contribution in [2.75, 3.05) is 0 Å². The first kappa shape index (κ1) is 26.7. The van der Waals surface area contributed by atoms with Crippen LogP contribution in [0, 0.1) is 0 Å². The maximum atomic E-state index is 5.20. The van der Waals surface area contributed by atoms with E-state index in [1.807, 2.05) is 12.3 Å². The van der Waals surface area contributed by atoms with Crippen molar-refractivity contribution < 1.29 is 0 Å². The van der Waals surface area contributed by atoms with Crippen LogP contribution in [-0.4, -0.2) is 19.6 Å². The Labute approximate surface area is 282 Å². The molecule has 0 bridgehead atoms. The summed E-state index contributed by atoms with van der Waals surface area (Å²) in [4.78, 5) is 9.81. The lowest BCUT2D eigenvalue weighted by molar-refractivity contribution is 0.984. The molecule has 0 N–H and O–H groups in total. The summed E-state index contributed by atoms with van der Waals surface area (Å²) in [6, 6.07) is 45.7. The first-order valence-electron chi connectivity index (χ1n) is 16.9. The van der Waals surface area contributed by atoms with E-state index < -0.39 is 0 Å². The van der Waals surface area contributed by atoms with E-state index in [0.717, 1.165) is 62.5 Å². The molecule has 0 spiro atoms. The molecule has 0 unspecified atom stereocenters. The van der Waals surface area contributed by atoms with Crippen molar-refractivity contribution in [1.29, 1.82) is 0 Å². The van der Waals surface area contributed by atoms with Crippen molar-refractivity contribution in [3.8, 4) is 22.5 Å². The van der Waals surface area contributed by atoms with Gasteiger partial charge in [0.2, 0.25) is 0 Å². The predicted molar refractivity (Wildman–Crippen MR) is 201 cm³/mol. The van der Waals surface area contributed by atoms with Gasteiger partial charge in [0, 0.05) is 22.4 Å². The fourth-order valence-electron chi connectivity index (χ4n) is 8.24. The Morgan fingerprint density at radius 1 is 0.592 bits per heavy atom. The molecular weight excluding hydrogens is 597 g/mol. The fraction of sp³-hybridized carbons (Fsp3) is 0.0444. The maximum Gasteiger partial charge on any atom is 0.0972 e. The second-order valence-electron chi connectivity index (χ2n) is 13.1. The van der Waals surface area contributed by atoms with Crippen LogP contribution in [0.5, 0.6) is 0 Å². The number of allylic oxidation sites excluding steroid dienone is 3. The normalized spacial score (nSPS) is 13.8. The van der Waals surface area contributed by atoms with Gasteiger partial charge < -0.3 is 0 Å². The third-order valence-electron chi connectivity index (χ3n) is 10.5. The Bertz CT molecular complexity index is 2930. The van der Waals surface area contributed by atoms with Crippen molar-refractivity contribution in [2.45, 2.75) is 12.8 Å². The number of aromatic nitrogens is 4. The molecule has 0 aliphatic heterocycles. The van der Waals surface area contributed by atoms with E-state index in [1.165, 1.54) is 55.3 Å². The van der Waals surface area contributed by atoms with Gasteiger partial charge in [-0.05, 0) is 105 Å². The minimum absolute atomic E-state index is 0.875. The molecule has 0 saturated heterocycles. The Morgan fingerprint density at radius 3 is 2.35 bits per heavy atom. The highest BCUT2D eigenvalue weighted by molar-refractivity contribution is 6.09. The van der Waals surface area contributed by atoms with Gasteiger partial charge in [-0.1, -0.05) is 103 Å². The van der Waals surface area contributed by atoms with Crippen molar-refractivity contribution in [2.24, 2.45) is 0 Å². The van der Waals surface area contributed by atoms with E-state index in [4.69, 9.17) is 10.1 Å². The zero-order valence-corrected chi connectivity index (χ0v) is 26.6. The molecule has 4 aromatic heterocycles. The van der Waals surface area contributed by atoms with Crippen LogP contribution in [0.2, 0.25) is 0 Å². The van der Waals surface area contributed by atoms with Crippen LogP contribution >= 0.6 is 0 Å². The second-order valence-corrected chi connectivity index (χ2v) is 13.1. The van der Waals surface area contributed by atoms with Crippen LogP contribution in [0.4, 0.5) is 0 Å². The molecule has 4 nitrogen and oxygen atoms in total. The van der Waals surface area contributed by atoms with Crippen molar-refractivity contribution in [3.05, 3.63) is 168 Å². The number of benzene rings is 5. The third-order valence-corrected chi connectivity index (χ3v) is 10.5. The summed E-state index contributed by atoms with van der Waals surface area (Å²) >= 11 is 0. The number of rotatable bonds is 3. The van der Waals surface area contributed by atoms with E-state index >= 15 is 0 Å². The Hall–Kier alpha value is -6.39. The minimum atomic E-state index is 0.875. The van der Waals surface area contributed by atoms with E-state index in [9.17, 15) is 0 Å². The summed E-state index contributed by atoms with van der Waals surface area (Å²) < 4.78 is 2.05. The number of nitrogens with zero attached hydrogens (tertiary/aromatic N) is 4. The predicted octanol–water partition coefficient (Wildman–Crippen LogP) is 10.8. The molecule has 228 valence electrons. The lowest BCUT2D eigenvalue weighted by atomic mass is 9.76. The number of fused-ring (bicyclic) bond motifs is 6. The molecule has 11 rings (SSSR count). The van der Waals surface area contributed by atoms with Crippen LogP contribution in [0.3, 0.4) is 0 Å². The van der Waals surface area contributed by atoms with Gasteiger partial charge in [-0.3, -0.25) is 4.98 Å². The molecule has 0 radical (unpaired) electrons. The van der Waals surface area contributed by atoms with Gasteiger partial charge >= 0.3 is 0 Å². The third kappa shape index (κ3) is 3.89. The fourth-order valence-corrected chi connectivity index (χ4v) is 8.24. The Morgan fingerprint density at radius 2 is 1.43 bits per heavy atom. The second kappa shape index (κ2) is 10.1. The Kier molecular flexibility index (Phi) is 5.47. The topological polar surface area (TPSA) is 43.1 Å². The first-order valence-corrected chi connectivity index (χ1v) is 16.9. The van der Waals surface area contributed by atoms with E-state index in [0.29, 0.717) is 0 Å². The van der Waals surface area contributed by atoms with Gasteiger partial charge in [-0.2, -0.15) is 5.10 Å². The molecule has 49 heavy (non-hydrogen) atoms. The van der Waals surface area contributed by atoms with Gasteiger partial charge in [-0.25, -0.2) is 9.50 Å². The molecular formula is C45H28N4. The largest absolute Gasteiger partial charge is 0.254 e. The average Bonchev–Trinajstić information content (AvgIpc) is 3.55. The number of hydrogen-bond acceptors (Lipinski definition) is 3. The molecule has 0 atom stereocenters. The molecule has 9 aromatic rings. The van der Waals surface area contributed by atoms with Crippen LogP contribution in [-0.2, 0) is 6.42 Å². The van der Waals surface area contributed by atoms with Crippen molar-refractivity contribution in [3.63, 3.8) is 0 Å². The van der Waals surface area contributed by atoms with Gasteiger partial charge in [-0.15, -0.1) is 0 Å². The summed E-state index contributed by atoms with van der Waals surface area (Å²) in [5, 5.41) is 11.2. The van der Waals surface area contributed by atoms with Gasteiger partial charge in [0.15, 0.2) is 0 Å². The molecule has 5 aromatic carbocycles. The number of hydrogen-bond donors (Lipinski definition) is 0. The van der Waals surface area contributed by atoms with Crippen molar-refractivity contribution in [1.82, 2.24) is 19.6 Å². The molecule has 0 saturated carbocycles. The number of pyridine rings is 3. The standard InChI is InChI=1S/C45H28N4/c1-2-6-27(7-3-1)33-19-13-28-16-22-36-34(20-14-29-15-21-35(33)42(28)43(29)36)32-17-23-37-39(26-32)48-49-40(37)9-4-10-41(49)38-24-18-31-12-11-30-8-5-25-46-44(30)45(31)47-38/h1-12,14-21,23-26H,13,22H2. The molecule has 4 heterocycles. The van der Waals surface area contributed by atoms with Crippen molar-refractivity contribution >= 4 is 60.1 Å². The molecule has 2 aliphatic rings. The van der Waals surface area contributed by atoms with Crippen LogP contribution in [0.1, 0.15) is 28.7 Å². The van der Waals surface area contributed by atoms with Crippen LogP contribution < -0.4 is 0 Å². The highest BCUT2D eigenvalue weighted by Gasteiger charge is 2.25. The quantitative estimate of drug-likeness (QED) is 0.184. The smallest absolute Gasteiger partial charge is 0.0972 e. The lowest BCUT2D eigenvalue weighted by Gasteiger charge is -2.28. The summed E-state index contributed by atoms with van der Waals surface area (Å²) in [7, 11) is 0. The summed E-state index contributed by atoms with van der Waals surface area (Å²) in [6.07, 6.45) is 8.59. The van der Waals surface area contributed by atoms with Gasteiger partial charge in [0.1, 0.15) is 0 Å². The molecule has 4 heteroatoms. The van der Waals surface area contributed by atoms with E-state index in [1.54, 1.807) is 0 Å². The zero-order valence-electron chi connectivity index (χ0n) is 26.6. The average molecular weight is 625 g/mol. The van der Waals surface area contributed by atoms with Gasteiger partial charge in [0.05, 0.1) is 33.5 Å². The van der Waals surface area contributed by atoms with E-state index in [-0.39, 0.29) is 0 Å².